The molecule has 0 saturated heterocycles. The molecular formula is C14H12I2N2O6. The van der Waals surface area contributed by atoms with Crippen LogP contribution in [0.4, 0.5) is 11.4 Å². The Bertz CT molecular complexity index is 754. The quantitative estimate of drug-likeness (QED) is 0.336. The number of rotatable bonds is 4. The van der Waals surface area contributed by atoms with E-state index in [0.717, 1.165) is 0 Å². The third-order valence-corrected chi connectivity index (χ3v) is 4.28. The van der Waals surface area contributed by atoms with Crippen molar-refractivity contribution in [3.8, 4) is 11.5 Å². The van der Waals surface area contributed by atoms with Gasteiger partial charge < -0.3 is 9.84 Å². The first-order chi connectivity index (χ1) is 11.3. The molecule has 24 heavy (non-hydrogen) atoms. The highest BCUT2D eigenvalue weighted by atomic mass is 127. The van der Waals surface area contributed by atoms with Crippen LogP contribution >= 0.6 is 45.2 Å². The first-order valence-corrected chi connectivity index (χ1v) is 8.61. The van der Waals surface area contributed by atoms with Crippen LogP contribution in [0.1, 0.15) is 6.92 Å². The number of aromatic hydroxyl groups is 1. The molecule has 0 fully saturated rings. The largest absolute Gasteiger partial charge is 0.508 e. The van der Waals surface area contributed by atoms with Crippen molar-refractivity contribution < 1.29 is 19.7 Å². The number of nitrogens with zero attached hydrogens (tertiary/aromatic N) is 2. The predicted octanol–water partition coefficient (Wildman–Crippen LogP) is 4.50. The highest BCUT2D eigenvalue weighted by Crippen LogP contribution is 2.25. The van der Waals surface area contributed by atoms with Crippen molar-refractivity contribution >= 4 is 56.6 Å². The van der Waals surface area contributed by atoms with Crippen LogP contribution in [0.3, 0.4) is 0 Å². The average molecular weight is 558 g/mol. The molecule has 2 aromatic rings. The van der Waals surface area contributed by atoms with Crippen LogP contribution < -0.4 is 4.74 Å². The molecule has 0 unspecified atom stereocenters. The lowest BCUT2D eigenvalue weighted by atomic mass is 10.3. The third kappa shape index (κ3) is 6.07. The van der Waals surface area contributed by atoms with E-state index in [2.05, 4.69) is 0 Å². The van der Waals surface area contributed by atoms with Gasteiger partial charge in [-0.2, -0.15) is 0 Å². The summed E-state index contributed by atoms with van der Waals surface area (Å²) in [6.07, 6.45) is 0. The highest BCUT2D eigenvalue weighted by molar-refractivity contribution is 14.1. The number of ether oxygens (including phenoxy) is 1. The minimum absolute atomic E-state index is 0.0170. The summed E-state index contributed by atoms with van der Waals surface area (Å²) in [4.78, 5) is 19.8. The van der Waals surface area contributed by atoms with Gasteiger partial charge in [-0.05, 0) is 64.2 Å². The number of hydrogen-bond donors (Lipinski definition) is 1. The summed E-state index contributed by atoms with van der Waals surface area (Å²) in [6.45, 7) is 2.43. The summed E-state index contributed by atoms with van der Waals surface area (Å²) < 4.78 is 6.22. The van der Waals surface area contributed by atoms with Crippen molar-refractivity contribution in [2.24, 2.45) is 0 Å². The molecule has 0 spiro atoms. The molecule has 0 atom stereocenters. The molecule has 0 aliphatic heterocycles. The van der Waals surface area contributed by atoms with Gasteiger partial charge in [0, 0.05) is 24.3 Å². The molecule has 0 aromatic heterocycles. The van der Waals surface area contributed by atoms with Gasteiger partial charge in [-0.1, -0.05) is 0 Å². The Labute approximate surface area is 164 Å². The SMILES string of the molecule is CCOc1ccc([N+](=O)[O-])c(I)c1.O=[N+]([O-])c1ccc(O)cc1I. The third-order valence-electron chi connectivity index (χ3n) is 2.55. The zero-order valence-electron chi connectivity index (χ0n) is 12.3. The zero-order valence-corrected chi connectivity index (χ0v) is 16.6. The van der Waals surface area contributed by atoms with Gasteiger partial charge in [-0.15, -0.1) is 0 Å². The zero-order chi connectivity index (χ0) is 18.3. The van der Waals surface area contributed by atoms with Crippen molar-refractivity contribution in [2.75, 3.05) is 6.61 Å². The van der Waals surface area contributed by atoms with E-state index in [1.165, 1.54) is 24.3 Å². The fraction of sp³-hybridized carbons (Fsp3) is 0.143. The summed E-state index contributed by atoms with van der Waals surface area (Å²) >= 11 is 3.72. The summed E-state index contributed by atoms with van der Waals surface area (Å²) in [5.74, 6) is 0.706. The first-order valence-electron chi connectivity index (χ1n) is 6.46. The Morgan fingerprint density at radius 3 is 1.92 bits per heavy atom. The maximum absolute atomic E-state index is 10.5. The summed E-state index contributed by atoms with van der Waals surface area (Å²) in [7, 11) is 0. The molecule has 2 rings (SSSR count). The predicted molar refractivity (Wildman–Crippen MR) is 104 cm³/mol. The van der Waals surface area contributed by atoms with Gasteiger partial charge in [-0.3, -0.25) is 20.2 Å². The number of nitro benzene ring substituents is 2. The topological polar surface area (TPSA) is 116 Å². The van der Waals surface area contributed by atoms with Gasteiger partial charge in [0.1, 0.15) is 11.5 Å². The summed E-state index contributed by atoms with van der Waals surface area (Å²) in [6, 6.07) is 8.62. The van der Waals surface area contributed by atoms with Crippen LogP contribution in [-0.4, -0.2) is 21.6 Å². The molecule has 0 saturated carbocycles. The maximum atomic E-state index is 10.5. The second-order valence-electron chi connectivity index (χ2n) is 4.20. The van der Waals surface area contributed by atoms with E-state index < -0.39 is 9.85 Å². The minimum Gasteiger partial charge on any atom is -0.508 e. The highest BCUT2D eigenvalue weighted by Gasteiger charge is 2.11. The van der Waals surface area contributed by atoms with Gasteiger partial charge in [0.15, 0.2) is 0 Å². The Balaban J connectivity index is 0.000000243. The Hall–Kier alpha value is -1.70. The van der Waals surface area contributed by atoms with E-state index in [1.807, 2.05) is 29.5 Å². The monoisotopic (exact) mass is 558 g/mol. The maximum Gasteiger partial charge on any atom is 0.282 e. The van der Waals surface area contributed by atoms with Crippen molar-refractivity contribution in [3.63, 3.8) is 0 Å². The van der Waals surface area contributed by atoms with E-state index in [1.54, 1.807) is 34.7 Å². The minimum atomic E-state index is -0.485. The van der Waals surface area contributed by atoms with E-state index >= 15 is 0 Å². The molecule has 0 aliphatic rings. The fourth-order valence-corrected chi connectivity index (χ4v) is 2.92. The van der Waals surface area contributed by atoms with Gasteiger partial charge in [0.2, 0.25) is 0 Å². The molecule has 8 nitrogen and oxygen atoms in total. The molecule has 2 aromatic carbocycles. The smallest absolute Gasteiger partial charge is 0.282 e. The molecule has 0 radical (unpaired) electrons. The second-order valence-corrected chi connectivity index (χ2v) is 6.52. The van der Waals surface area contributed by atoms with Crippen molar-refractivity contribution in [1.29, 1.82) is 0 Å². The number of phenols is 1. The van der Waals surface area contributed by atoms with Crippen LogP contribution in [0.15, 0.2) is 36.4 Å². The lowest BCUT2D eigenvalue weighted by Gasteiger charge is -2.02. The summed E-state index contributed by atoms with van der Waals surface area (Å²) in [5.41, 5.74) is 0.132. The van der Waals surface area contributed by atoms with E-state index in [0.29, 0.717) is 19.5 Å². The summed E-state index contributed by atoms with van der Waals surface area (Å²) in [5, 5.41) is 29.6. The van der Waals surface area contributed by atoms with Crippen LogP contribution in [0.25, 0.3) is 0 Å². The van der Waals surface area contributed by atoms with E-state index in [-0.39, 0.29) is 17.1 Å². The van der Waals surface area contributed by atoms with Crippen molar-refractivity contribution in [1.82, 2.24) is 0 Å². The Morgan fingerprint density at radius 2 is 1.50 bits per heavy atom. The van der Waals surface area contributed by atoms with Crippen LogP contribution in [0.5, 0.6) is 11.5 Å². The standard InChI is InChI=1S/C8H8INO3.C6H4INO3/c1-2-13-6-3-4-8(10(11)12)7(9)5-6;7-5-3-4(9)1-2-6(5)8(10)11/h3-5H,2H2,1H3;1-3,9H. The number of nitro groups is 2. The molecule has 1 N–H and O–H groups in total. The van der Waals surface area contributed by atoms with E-state index in [9.17, 15) is 20.2 Å². The number of phenolic OH excluding ortho intramolecular Hbond substituents is 1. The number of halogens is 2. The second kappa shape index (κ2) is 9.56. The van der Waals surface area contributed by atoms with Gasteiger partial charge >= 0.3 is 0 Å². The Kier molecular flexibility index (Phi) is 8.10. The van der Waals surface area contributed by atoms with Crippen molar-refractivity contribution in [3.05, 3.63) is 63.8 Å². The van der Waals surface area contributed by atoms with E-state index in [4.69, 9.17) is 9.84 Å². The van der Waals surface area contributed by atoms with Crippen molar-refractivity contribution in [2.45, 2.75) is 6.92 Å². The lowest BCUT2D eigenvalue weighted by Crippen LogP contribution is -1.94. The van der Waals surface area contributed by atoms with Gasteiger partial charge in [0.05, 0.1) is 23.6 Å². The number of benzene rings is 2. The molecule has 0 aliphatic carbocycles. The normalized spacial score (nSPS) is 9.62. The molecule has 0 heterocycles. The fourth-order valence-electron chi connectivity index (χ4n) is 1.54. The van der Waals surface area contributed by atoms with Gasteiger partial charge in [-0.25, -0.2) is 0 Å². The molecule has 0 amide bonds. The molecule has 0 bridgehead atoms. The van der Waals surface area contributed by atoms with Crippen LogP contribution in [0.2, 0.25) is 0 Å². The lowest BCUT2D eigenvalue weighted by molar-refractivity contribution is -0.386. The van der Waals surface area contributed by atoms with Crippen LogP contribution in [-0.2, 0) is 0 Å². The first kappa shape index (κ1) is 20.3. The van der Waals surface area contributed by atoms with Gasteiger partial charge in [0.25, 0.3) is 11.4 Å². The molecule has 10 heteroatoms. The average Bonchev–Trinajstić information content (AvgIpc) is 2.47. The van der Waals surface area contributed by atoms with Crippen LogP contribution in [0, 0.1) is 27.4 Å². The Morgan fingerprint density at radius 1 is 1.00 bits per heavy atom. The molecule has 128 valence electrons. The molecular weight excluding hydrogens is 546 g/mol. The number of hydrogen-bond acceptors (Lipinski definition) is 6.